The second kappa shape index (κ2) is 12.1. The maximum absolute atomic E-state index is 12.7. The predicted octanol–water partition coefficient (Wildman–Crippen LogP) is 3.69. The molecule has 0 aliphatic carbocycles. The molecule has 1 aromatic rings. The molecule has 7 nitrogen and oxygen atoms in total. The van der Waals surface area contributed by atoms with Crippen molar-refractivity contribution in [1.82, 2.24) is 15.0 Å². The smallest absolute Gasteiger partial charge is 0.324 e. The quantitative estimate of drug-likeness (QED) is 0.138. The fourth-order valence-electron chi connectivity index (χ4n) is 2.81. The molecule has 8 heteroatoms. The van der Waals surface area contributed by atoms with Crippen molar-refractivity contribution < 1.29 is 19.1 Å². The molecule has 1 aromatic heterocycles. The molecule has 0 aliphatic heterocycles. The zero-order chi connectivity index (χ0) is 20.3. The van der Waals surface area contributed by atoms with Gasteiger partial charge in [0.15, 0.2) is 5.41 Å². The Morgan fingerprint density at radius 2 is 1.78 bits per heavy atom. The van der Waals surface area contributed by atoms with Crippen molar-refractivity contribution >= 4 is 34.5 Å². The van der Waals surface area contributed by atoms with Gasteiger partial charge in [-0.15, -0.1) is 11.7 Å². The van der Waals surface area contributed by atoms with Crippen molar-refractivity contribution in [1.29, 1.82) is 0 Å². The van der Waals surface area contributed by atoms with Gasteiger partial charge in [0.2, 0.25) is 0 Å². The Bertz CT molecular complexity index is 612. The number of carbonyl (C=O) groups excluding carboxylic acids is 2. The first-order valence-corrected chi connectivity index (χ1v) is 10.6. The standard InChI is InChI=1S/C19H30IN3O4/c1-5-9-10-11-13-23-16(20)15(21-22-23)14-19(12-6-2,17(24)26-7-3)18(25)27-8-4/h6H,2,5,7-14H2,1,3-4H3. The lowest BCUT2D eigenvalue weighted by molar-refractivity contribution is -0.172. The molecule has 27 heavy (non-hydrogen) atoms. The summed E-state index contributed by atoms with van der Waals surface area (Å²) in [5.74, 6) is -1.23. The van der Waals surface area contributed by atoms with Crippen molar-refractivity contribution in [2.45, 2.75) is 65.8 Å². The van der Waals surface area contributed by atoms with Crippen LogP contribution in [0.25, 0.3) is 0 Å². The van der Waals surface area contributed by atoms with Crippen LogP contribution in [-0.2, 0) is 32.0 Å². The number of halogens is 1. The molecule has 0 saturated heterocycles. The third kappa shape index (κ3) is 6.29. The normalized spacial score (nSPS) is 11.3. The van der Waals surface area contributed by atoms with Crippen LogP contribution in [0.5, 0.6) is 0 Å². The number of esters is 2. The number of rotatable bonds is 13. The molecule has 0 aliphatic rings. The van der Waals surface area contributed by atoms with Crippen LogP contribution >= 0.6 is 22.6 Å². The van der Waals surface area contributed by atoms with Crippen LogP contribution in [0, 0.1) is 9.12 Å². The van der Waals surface area contributed by atoms with Gasteiger partial charge in [-0.1, -0.05) is 37.5 Å². The number of aryl methyl sites for hydroxylation is 1. The van der Waals surface area contributed by atoms with E-state index in [0.717, 1.165) is 23.1 Å². The Morgan fingerprint density at radius 3 is 2.30 bits per heavy atom. The summed E-state index contributed by atoms with van der Waals surface area (Å²) in [7, 11) is 0. The van der Waals surface area contributed by atoms with E-state index < -0.39 is 17.4 Å². The molecule has 1 heterocycles. The predicted molar refractivity (Wildman–Crippen MR) is 111 cm³/mol. The maximum atomic E-state index is 12.7. The van der Waals surface area contributed by atoms with E-state index in [-0.39, 0.29) is 26.1 Å². The number of hydrogen-bond acceptors (Lipinski definition) is 6. The van der Waals surface area contributed by atoms with Gasteiger partial charge in [0.05, 0.1) is 18.9 Å². The molecule has 1 rings (SSSR count). The Hall–Kier alpha value is -1.45. The first-order valence-electron chi connectivity index (χ1n) is 9.49. The molecule has 0 amide bonds. The lowest BCUT2D eigenvalue weighted by atomic mass is 9.80. The number of ether oxygens (including phenoxy) is 2. The summed E-state index contributed by atoms with van der Waals surface area (Å²) in [4.78, 5) is 25.4. The highest BCUT2D eigenvalue weighted by Crippen LogP contribution is 2.32. The molecule has 0 spiro atoms. The molecular formula is C19H30IN3O4. The molecule has 0 saturated carbocycles. The lowest BCUT2D eigenvalue weighted by Gasteiger charge is -2.27. The second-order valence-electron chi connectivity index (χ2n) is 6.30. The summed E-state index contributed by atoms with van der Waals surface area (Å²) in [5, 5.41) is 8.42. The fraction of sp³-hybridized carbons (Fsp3) is 0.684. The molecule has 0 atom stereocenters. The minimum Gasteiger partial charge on any atom is -0.465 e. The van der Waals surface area contributed by atoms with Crippen LogP contribution < -0.4 is 0 Å². The van der Waals surface area contributed by atoms with E-state index in [2.05, 4.69) is 46.4 Å². The zero-order valence-electron chi connectivity index (χ0n) is 16.5. The van der Waals surface area contributed by atoms with Gasteiger partial charge in [-0.25, -0.2) is 4.68 Å². The summed E-state index contributed by atoms with van der Waals surface area (Å²) in [6, 6.07) is 0. The third-order valence-electron chi connectivity index (χ3n) is 4.26. The van der Waals surface area contributed by atoms with Crippen molar-refractivity contribution in [3.63, 3.8) is 0 Å². The molecule has 0 aromatic carbocycles. The lowest BCUT2D eigenvalue weighted by Crippen LogP contribution is -2.44. The van der Waals surface area contributed by atoms with Gasteiger partial charge in [0, 0.05) is 13.0 Å². The van der Waals surface area contributed by atoms with Gasteiger partial charge in [0.25, 0.3) is 0 Å². The fourth-order valence-corrected chi connectivity index (χ4v) is 3.45. The first kappa shape index (κ1) is 23.6. The molecular weight excluding hydrogens is 461 g/mol. The highest BCUT2D eigenvalue weighted by Gasteiger charge is 2.49. The Kier molecular flexibility index (Phi) is 10.6. The van der Waals surface area contributed by atoms with Crippen molar-refractivity contribution in [2.24, 2.45) is 5.41 Å². The van der Waals surface area contributed by atoms with E-state index in [1.165, 1.54) is 18.9 Å². The van der Waals surface area contributed by atoms with E-state index in [1.807, 2.05) is 4.68 Å². The van der Waals surface area contributed by atoms with Gasteiger partial charge in [-0.05, 0) is 49.3 Å². The van der Waals surface area contributed by atoms with Gasteiger partial charge in [-0.2, -0.15) is 0 Å². The topological polar surface area (TPSA) is 83.3 Å². The van der Waals surface area contributed by atoms with Crippen molar-refractivity contribution in [2.75, 3.05) is 13.2 Å². The van der Waals surface area contributed by atoms with Gasteiger partial charge >= 0.3 is 11.9 Å². The van der Waals surface area contributed by atoms with Gasteiger partial charge < -0.3 is 9.47 Å². The van der Waals surface area contributed by atoms with Gasteiger partial charge in [-0.3, -0.25) is 9.59 Å². The van der Waals surface area contributed by atoms with E-state index in [4.69, 9.17) is 9.47 Å². The van der Waals surface area contributed by atoms with Crippen LogP contribution in [0.15, 0.2) is 12.7 Å². The Morgan fingerprint density at radius 1 is 1.15 bits per heavy atom. The van der Waals surface area contributed by atoms with Crippen LogP contribution in [0.3, 0.4) is 0 Å². The molecule has 0 bridgehead atoms. The van der Waals surface area contributed by atoms with E-state index >= 15 is 0 Å². The zero-order valence-corrected chi connectivity index (χ0v) is 18.7. The van der Waals surface area contributed by atoms with Crippen LogP contribution in [0.2, 0.25) is 0 Å². The number of aromatic nitrogens is 3. The maximum Gasteiger partial charge on any atom is 0.324 e. The van der Waals surface area contributed by atoms with Crippen LogP contribution in [0.4, 0.5) is 0 Å². The largest absolute Gasteiger partial charge is 0.465 e. The summed E-state index contributed by atoms with van der Waals surface area (Å²) >= 11 is 2.16. The van der Waals surface area contributed by atoms with Crippen LogP contribution in [0.1, 0.15) is 58.6 Å². The number of unbranched alkanes of at least 4 members (excludes halogenated alkanes) is 3. The number of nitrogens with zero attached hydrogens (tertiary/aromatic N) is 3. The molecule has 152 valence electrons. The summed E-state index contributed by atoms with van der Waals surface area (Å²) in [6.07, 6.45) is 6.23. The van der Waals surface area contributed by atoms with Crippen LogP contribution in [-0.4, -0.2) is 40.1 Å². The average Bonchev–Trinajstić information content (AvgIpc) is 2.98. The summed E-state index contributed by atoms with van der Waals surface area (Å²) in [6.45, 7) is 10.4. The molecule has 0 N–H and O–H groups in total. The molecule has 0 unspecified atom stereocenters. The van der Waals surface area contributed by atoms with Crippen molar-refractivity contribution in [3.8, 4) is 0 Å². The summed E-state index contributed by atoms with van der Waals surface area (Å²) in [5.41, 5.74) is -0.898. The Labute approximate surface area is 175 Å². The number of hydrogen-bond donors (Lipinski definition) is 0. The van der Waals surface area contributed by atoms with E-state index in [9.17, 15) is 9.59 Å². The number of allylic oxidation sites excluding steroid dienone is 1. The molecule has 0 radical (unpaired) electrons. The van der Waals surface area contributed by atoms with E-state index in [0.29, 0.717) is 5.69 Å². The third-order valence-corrected chi connectivity index (χ3v) is 5.44. The minimum atomic E-state index is -1.49. The highest BCUT2D eigenvalue weighted by molar-refractivity contribution is 14.1. The Balaban J connectivity index is 3.10. The summed E-state index contributed by atoms with van der Waals surface area (Å²) < 4.78 is 13.0. The molecule has 0 fully saturated rings. The number of carbonyl (C=O) groups is 2. The monoisotopic (exact) mass is 491 g/mol. The van der Waals surface area contributed by atoms with Crippen molar-refractivity contribution in [3.05, 3.63) is 22.0 Å². The SMILES string of the molecule is C=CCC(Cc1nnn(CCCCCC)c1I)(C(=O)OCC)C(=O)OCC. The second-order valence-corrected chi connectivity index (χ2v) is 7.33. The first-order chi connectivity index (χ1) is 13.0. The minimum absolute atomic E-state index is 0.0733. The van der Waals surface area contributed by atoms with Gasteiger partial charge in [0.1, 0.15) is 3.70 Å². The highest BCUT2D eigenvalue weighted by atomic mass is 127. The average molecular weight is 491 g/mol. The van der Waals surface area contributed by atoms with E-state index in [1.54, 1.807) is 13.8 Å².